The van der Waals surface area contributed by atoms with Gasteiger partial charge in [0.15, 0.2) is 6.23 Å². The lowest BCUT2D eigenvalue weighted by Gasteiger charge is -2.17. The Kier molecular flexibility index (Phi) is 3.16. The van der Waals surface area contributed by atoms with Gasteiger partial charge < -0.3 is 24.6 Å². The van der Waals surface area contributed by atoms with Crippen LogP contribution in [0.5, 0.6) is 0 Å². The molecule has 20 heavy (non-hydrogen) atoms. The molecule has 2 aromatic rings. The van der Waals surface area contributed by atoms with E-state index in [1.165, 1.54) is 0 Å². The minimum Gasteiger partial charge on any atom is -0.394 e. The molecule has 0 radical (unpaired) electrons. The maximum atomic E-state index is 10.0. The normalized spacial score (nSPS) is 29.7. The molecule has 7 nitrogen and oxygen atoms in total. The van der Waals surface area contributed by atoms with Crippen molar-refractivity contribution in [2.45, 2.75) is 24.5 Å². The van der Waals surface area contributed by atoms with Gasteiger partial charge in [-0.05, 0) is 12.0 Å². The van der Waals surface area contributed by atoms with Crippen molar-refractivity contribution in [2.75, 3.05) is 6.61 Å². The summed E-state index contributed by atoms with van der Waals surface area (Å²) in [4.78, 5) is 8.17. The van der Waals surface area contributed by atoms with Crippen LogP contribution in [0.3, 0.4) is 0 Å². The zero-order valence-electron chi connectivity index (χ0n) is 10.4. The molecular weight excluding hydrogens is 262 g/mol. The van der Waals surface area contributed by atoms with E-state index in [-0.39, 0.29) is 12.4 Å². The summed E-state index contributed by atoms with van der Waals surface area (Å²) < 4.78 is 7.03. The molecule has 3 heterocycles. The molecule has 3 rings (SSSR count). The second kappa shape index (κ2) is 4.85. The Hall–Kier alpha value is -1.98. The number of aliphatic hydroxyl groups is 3. The van der Waals surface area contributed by atoms with Crippen LogP contribution in [0.2, 0.25) is 0 Å². The third-order valence-electron chi connectivity index (χ3n) is 3.38. The lowest BCUT2D eigenvalue weighted by atomic mass is 10.1. The molecule has 1 aliphatic rings. The maximum Gasteiger partial charge on any atom is 0.206 e. The third-order valence-corrected chi connectivity index (χ3v) is 3.38. The molecular formula is C13H13N3O4. The van der Waals surface area contributed by atoms with Crippen LogP contribution >= 0.6 is 0 Å². The average Bonchev–Trinajstić information content (AvgIpc) is 3.01. The molecule has 0 spiro atoms. The minimum atomic E-state index is -1.16. The monoisotopic (exact) mass is 275 g/mol. The van der Waals surface area contributed by atoms with Gasteiger partial charge in [-0.2, -0.15) is 0 Å². The molecule has 104 valence electrons. The van der Waals surface area contributed by atoms with Crippen LogP contribution in [0.25, 0.3) is 11.0 Å². The number of aromatic nitrogens is 3. The summed E-state index contributed by atoms with van der Waals surface area (Å²) in [5.41, 5.74) is 0.503. The first-order valence-electron chi connectivity index (χ1n) is 6.08. The number of aliphatic hydroxyl groups excluding tert-OH is 3. The third kappa shape index (κ3) is 1.87. The molecule has 0 saturated carbocycles. The molecule has 0 aliphatic carbocycles. The van der Waals surface area contributed by atoms with E-state index in [0.717, 1.165) is 5.39 Å². The average molecular weight is 275 g/mol. The summed E-state index contributed by atoms with van der Waals surface area (Å²) in [6.45, 7) is -0.376. The fourth-order valence-electron chi connectivity index (χ4n) is 2.32. The van der Waals surface area contributed by atoms with E-state index in [2.05, 4.69) is 15.9 Å². The molecule has 0 bridgehead atoms. The molecule has 7 heteroatoms. The Morgan fingerprint density at radius 2 is 2.20 bits per heavy atom. The first-order valence-corrected chi connectivity index (χ1v) is 6.08. The predicted octanol–water partition coefficient (Wildman–Crippen LogP) is -0.976. The number of hydrogen-bond donors (Lipinski definition) is 3. The van der Waals surface area contributed by atoms with Crippen LogP contribution in [0.4, 0.5) is 0 Å². The van der Waals surface area contributed by atoms with Crippen LogP contribution < -0.4 is 0 Å². The Labute approximate surface area is 114 Å². The SMILES string of the molecule is C#Cc1ncc2ccn([C@@H]3O[C@H](CO)[C@@H](O)[C@H]3O)c2n1. The van der Waals surface area contributed by atoms with Gasteiger partial charge in [0, 0.05) is 17.8 Å². The van der Waals surface area contributed by atoms with Gasteiger partial charge in [-0.25, -0.2) is 9.97 Å². The number of rotatable bonds is 2. The van der Waals surface area contributed by atoms with Crippen LogP contribution in [0, 0.1) is 12.3 Å². The van der Waals surface area contributed by atoms with Gasteiger partial charge in [0.1, 0.15) is 24.0 Å². The Morgan fingerprint density at radius 1 is 1.40 bits per heavy atom. The van der Waals surface area contributed by atoms with Gasteiger partial charge in [-0.1, -0.05) is 0 Å². The van der Waals surface area contributed by atoms with Crippen molar-refractivity contribution >= 4 is 11.0 Å². The molecule has 1 aliphatic heterocycles. The highest BCUT2D eigenvalue weighted by Gasteiger charge is 2.43. The van der Waals surface area contributed by atoms with E-state index in [4.69, 9.17) is 16.3 Å². The first-order chi connectivity index (χ1) is 9.65. The van der Waals surface area contributed by atoms with Crippen molar-refractivity contribution in [1.29, 1.82) is 0 Å². The van der Waals surface area contributed by atoms with Crippen molar-refractivity contribution in [3.05, 3.63) is 24.3 Å². The first kappa shape index (κ1) is 13.0. The highest BCUT2D eigenvalue weighted by atomic mass is 16.6. The molecule has 4 atom stereocenters. The van der Waals surface area contributed by atoms with Gasteiger partial charge in [0.25, 0.3) is 0 Å². The van der Waals surface area contributed by atoms with Gasteiger partial charge in [0.2, 0.25) is 5.82 Å². The largest absolute Gasteiger partial charge is 0.394 e. The van der Waals surface area contributed by atoms with Gasteiger partial charge in [-0.3, -0.25) is 0 Å². The van der Waals surface area contributed by atoms with Crippen molar-refractivity contribution in [3.63, 3.8) is 0 Å². The lowest BCUT2D eigenvalue weighted by Crippen LogP contribution is -2.33. The second-order valence-corrected chi connectivity index (χ2v) is 4.57. The molecule has 0 aromatic carbocycles. The van der Waals surface area contributed by atoms with E-state index < -0.39 is 24.5 Å². The van der Waals surface area contributed by atoms with E-state index in [1.54, 1.807) is 23.0 Å². The summed E-state index contributed by atoms with van der Waals surface area (Å²) >= 11 is 0. The lowest BCUT2D eigenvalue weighted by molar-refractivity contribution is -0.0508. The molecule has 0 amide bonds. The fraction of sp³-hybridized carbons (Fsp3) is 0.385. The van der Waals surface area contributed by atoms with Crippen molar-refractivity contribution in [2.24, 2.45) is 0 Å². The number of hydrogen-bond acceptors (Lipinski definition) is 6. The van der Waals surface area contributed by atoms with E-state index in [0.29, 0.717) is 5.65 Å². The highest BCUT2D eigenvalue weighted by Crippen LogP contribution is 2.31. The summed E-state index contributed by atoms with van der Waals surface area (Å²) in [5, 5.41) is 29.7. The maximum absolute atomic E-state index is 10.0. The Bertz CT molecular complexity index is 678. The summed E-state index contributed by atoms with van der Waals surface area (Å²) in [7, 11) is 0. The quantitative estimate of drug-likeness (QED) is 0.609. The van der Waals surface area contributed by atoms with E-state index in [9.17, 15) is 10.2 Å². The van der Waals surface area contributed by atoms with E-state index >= 15 is 0 Å². The molecule has 1 fully saturated rings. The number of terminal acetylenes is 1. The van der Waals surface area contributed by atoms with Crippen molar-refractivity contribution in [1.82, 2.24) is 14.5 Å². The number of nitrogens with zero attached hydrogens (tertiary/aromatic N) is 3. The van der Waals surface area contributed by atoms with E-state index in [1.807, 2.05) is 0 Å². The van der Waals surface area contributed by atoms with Crippen LogP contribution in [0.1, 0.15) is 12.1 Å². The fourth-order valence-corrected chi connectivity index (χ4v) is 2.32. The van der Waals surface area contributed by atoms with Gasteiger partial charge >= 0.3 is 0 Å². The van der Waals surface area contributed by atoms with Gasteiger partial charge in [0.05, 0.1) is 6.61 Å². The zero-order chi connectivity index (χ0) is 14.3. The summed E-state index contributed by atoms with van der Waals surface area (Å²) in [6, 6.07) is 1.75. The van der Waals surface area contributed by atoms with Crippen LogP contribution in [-0.2, 0) is 4.74 Å². The summed E-state index contributed by atoms with van der Waals surface area (Å²) in [5.74, 6) is 2.56. The molecule has 1 saturated heterocycles. The zero-order valence-corrected chi connectivity index (χ0v) is 10.4. The second-order valence-electron chi connectivity index (χ2n) is 4.57. The molecule has 0 unspecified atom stereocenters. The van der Waals surface area contributed by atoms with Crippen molar-refractivity contribution < 1.29 is 20.1 Å². The predicted molar refractivity (Wildman–Crippen MR) is 68.5 cm³/mol. The number of fused-ring (bicyclic) bond motifs is 1. The standard InChI is InChI=1S/C13H13N3O4/c1-2-9-14-5-7-3-4-16(12(7)15-9)13-11(19)10(18)8(6-17)20-13/h1,3-5,8,10-11,13,17-19H,6H2/t8-,10-,11-,13-/m1/s1. The molecule has 2 aromatic heterocycles. The van der Waals surface area contributed by atoms with Crippen LogP contribution in [-0.4, -0.2) is 54.8 Å². The topological polar surface area (TPSA) is 101 Å². The summed E-state index contributed by atoms with van der Waals surface area (Å²) in [6.07, 6.45) is 4.53. The smallest absolute Gasteiger partial charge is 0.206 e. The Balaban J connectivity index is 2.04. The molecule has 3 N–H and O–H groups in total. The van der Waals surface area contributed by atoms with Gasteiger partial charge in [-0.15, -0.1) is 6.42 Å². The number of ether oxygens (including phenoxy) is 1. The highest BCUT2D eigenvalue weighted by molar-refractivity contribution is 5.75. The van der Waals surface area contributed by atoms with Crippen LogP contribution in [0.15, 0.2) is 18.5 Å². The minimum absolute atomic E-state index is 0.226. The van der Waals surface area contributed by atoms with Crippen molar-refractivity contribution in [3.8, 4) is 12.3 Å². The Morgan fingerprint density at radius 3 is 2.85 bits per heavy atom.